The van der Waals surface area contributed by atoms with Crippen molar-refractivity contribution >= 4 is 11.6 Å². The van der Waals surface area contributed by atoms with Gasteiger partial charge in [0.2, 0.25) is 0 Å². The summed E-state index contributed by atoms with van der Waals surface area (Å²) in [5.41, 5.74) is 4.02. The van der Waals surface area contributed by atoms with Gasteiger partial charge in [-0.05, 0) is 62.6 Å². The molecule has 4 rings (SSSR count). The summed E-state index contributed by atoms with van der Waals surface area (Å²) in [4.78, 5) is 17.8. The van der Waals surface area contributed by atoms with E-state index in [9.17, 15) is 9.18 Å². The monoisotopic (exact) mass is 446 g/mol. The maximum Gasteiger partial charge on any atom is 0.258 e. The average Bonchev–Trinajstić information content (AvgIpc) is 2.83. The third-order valence-corrected chi connectivity index (χ3v) is 6.43. The Bertz CT molecular complexity index is 1120. The molecule has 0 unspecified atom stereocenters. The molecule has 4 nitrogen and oxygen atoms in total. The van der Waals surface area contributed by atoms with Gasteiger partial charge in [0.15, 0.2) is 0 Å². The van der Waals surface area contributed by atoms with Gasteiger partial charge in [-0.1, -0.05) is 42.0 Å². The van der Waals surface area contributed by atoms with Gasteiger partial charge >= 0.3 is 0 Å². The fourth-order valence-electron chi connectivity index (χ4n) is 4.55. The molecular weight excluding hydrogens is 415 g/mol. The molecule has 1 fully saturated rings. The summed E-state index contributed by atoms with van der Waals surface area (Å²) < 4.78 is 20.0. The predicted molar refractivity (Wildman–Crippen MR) is 130 cm³/mol. The molecule has 0 radical (unpaired) electrons. The van der Waals surface area contributed by atoms with Crippen LogP contribution in [0.2, 0.25) is 0 Å². The Labute approximate surface area is 195 Å². The van der Waals surface area contributed by atoms with Crippen molar-refractivity contribution in [2.24, 2.45) is 0 Å². The summed E-state index contributed by atoms with van der Waals surface area (Å²) in [5.74, 6) is 0.527. The van der Waals surface area contributed by atoms with Gasteiger partial charge in [0, 0.05) is 42.5 Å². The summed E-state index contributed by atoms with van der Waals surface area (Å²) >= 11 is 0. The summed E-state index contributed by atoms with van der Waals surface area (Å²) in [6.45, 7) is 6.23. The van der Waals surface area contributed by atoms with Gasteiger partial charge in [0.25, 0.3) is 5.91 Å². The molecule has 0 N–H and O–H groups in total. The Morgan fingerprint density at radius 2 is 1.79 bits per heavy atom. The first-order valence-electron chi connectivity index (χ1n) is 11.5. The number of aryl methyl sites for hydroxylation is 2. The Kier molecular flexibility index (Phi) is 7.09. The molecule has 5 heteroatoms. The normalized spacial score (nSPS) is 14.8. The van der Waals surface area contributed by atoms with Gasteiger partial charge in [-0.3, -0.25) is 9.69 Å². The summed E-state index contributed by atoms with van der Waals surface area (Å²) in [6.07, 6.45) is 1.64. The number of methoxy groups -OCH3 is 1. The van der Waals surface area contributed by atoms with Gasteiger partial charge in [-0.15, -0.1) is 0 Å². The number of carbonyl (C=O) groups excluding carboxylic acids is 1. The zero-order chi connectivity index (χ0) is 23.4. The molecule has 0 aliphatic carbocycles. The van der Waals surface area contributed by atoms with E-state index >= 15 is 0 Å². The molecule has 1 aliphatic heterocycles. The number of piperidine rings is 1. The largest absolute Gasteiger partial charge is 0.496 e. The number of para-hydroxylation sites is 1. The molecule has 1 saturated heterocycles. The number of nitrogens with zero attached hydrogens (tertiary/aromatic N) is 2. The van der Waals surface area contributed by atoms with Gasteiger partial charge in [-0.2, -0.15) is 0 Å². The molecule has 0 spiro atoms. The fraction of sp³-hybridized carbons (Fsp3) is 0.321. The number of hydrogen-bond acceptors (Lipinski definition) is 3. The van der Waals surface area contributed by atoms with Crippen molar-refractivity contribution in [2.45, 2.75) is 39.3 Å². The molecule has 3 aromatic rings. The SMILES string of the molecule is COc1ccccc1CN1CCC(N(C(=O)c2cccc(C)c2)c2ccc(C)c(F)c2)CC1. The summed E-state index contributed by atoms with van der Waals surface area (Å²) in [5, 5.41) is 0. The Morgan fingerprint density at radius 3 is 2.48 bits per heavy atom. The number of halogens is 1. The minimum Gasteiger partial charge on any atom is -0.496 e. The number of ether oxygens (including phenoxy) is 1. The van der Waals surface area contributed by atoms with Crippen LogP contribution < -0.4 is 9.64 Å². The van der Waals surface area contributed by atoms with Crippen LogP contribution in [-0.2, 0) is 6.54 Å². The molecule has 1 aliphatic rings. The van der Waals surface area contributed by atoms with Crippen LogP contribution in [0, 0.1) is 19.7 Å². The van der Waals surface area contributed by atoms with Crippen molar-refractivity contribution < 1.29 is 13.9 Å². The number of benzene rings is 3. The van der Waals surface area contributed by atoms with Crippen molar-refractivity contribution in [1.82, 2.24) is 4.90 Å². The first kappa shape index (κ1) is 23.0. The predicted octanol–water partition coefficient (Wildman–Crippen LogP) is 5.76. The molecule has 0 saturated carbocycles. The highest BCUT2D eigenvalue weighted by Crippen LogP contribution is 2.29. The van der Waals surface area contributed by atoms with Crippen LogP contribution in [0.5, 0.6) is 5.75 Å². The van der Waals surface area contributed by atoms with Crippen molar-refractivity contribution in [2.75, 3.05) is 25.1 Å². The Hall–Kier alpha value is -3.18. The lowest BCUT2D eigenvalue weighted by atomic mass is 9.99. The number of likely N-dealkylation sites (tertiary alicyclic amines) is 1. The van der Waals surface area contributed by atoms with E-state index in [2.05, 4.69) is 11.0 Å². The Balaban J connectivity index is 1.55. The van der Waals surface area contributed by atoms with Gasteiger partial charge in [0.1, 0.15) is 11.6 Å². The van der Waals surface area contributed by atoms with Gasteiger partial charge in [0.05, 0.1) is 7.11 Å². The number of anilines is 1. The summed E-state index contributed by atoms with van der Waals surface area (Å²) in [7, 11) is 1.69. The molecule has 3 aromatic carbocycles. The van der Waals surface area contributed by atoms with Crippen LogP contribution in [0.25, 0.3) is 0 Å². The second-order valence-electron chi connectivity index (χ2n) is 8.80. The van der Waals surface area contributed by atoms with Crippen molar-refractivity contribution in [3.8, 4) is 5.75 Å². The molecule has 0 atom stereocenters. The molecule has 172 valence electrons. The highest BCUT2D eigenvalue weighted by molar-refractivity contribution is 6.06. The van der Waals surface area contributed by atoms with E-state index in [0.717, 1.165) is 49.4 Å². The lowest BCUT2D eigenvalue weighted by Gasteiger charge is -2.39. The maximum atomic E-state index is 14.5. The van der Waals surface area contributed by atoms with Crippen LogP contribution in [0.4, 0.5) is 10.1 Å². The number of hydrogen-bond donors (Lipinski definition) is 0. The maximum absolute atomic E-state index is 14.5. The van der Waals surface area contributed by atoms with Crippen LogP contribution >= 0.6 is 0 Å². The Morgan fingerprint density at radius 1 is 1.03 bits per heavy atom. The van der Waals surface area contributed by atoms with Crippen molar-refractivity contribution in [1.29, 1.82) is 0 Å². The quantitative estimate of drug-likeness (QED) is 0.482. The third kappa shape index (κ3) is 5.25. The molecule has 1 amide bonds. The molecule has 33 heavy (non-hydrogen) atoms. The first-order chi connectivity index (χ1) is 16.0. The zero-order valence-corrected chi connectivity index (χ0v) is 19.6. The van der Waals surface area contributed by atoms with E-state index in [1.807, 2.05) is 55.5 Å². The zero-order valence-electron chi connectivity index (χ0n) is 19.6. The molecule has 1 heterocycles. The lowest BCUT2D eigenvalue weighted by Crippen LogP contribution is -2.47. The first-order valence-corrected chi connectivity index (χ1v) is 11.5. The second-order valence-corrected chi connectivity index (χ2v) is 8.80. The van der Waals surface area contributed by atoms with Crippen LogP contribution in [0.3, 0.4) is 0 Å². The number of carbonyl (C=O) groups is 1. The van der Waals surface area contributed by atoms with Crippen LogP contribution in [0.15, 0.2) is 66.7 Å². The van der Waals surface area contributed by atoms with E-state index in [1.165, 1.54) is 6.07 Å². The number of amides is 1. The molecular formula is C28H31FN2O2. The molecule has 0 aromatic heterocycles. The van der Waals surface area contributed by atoms with E-state index < -0.39 is 0 Å². The summed E-state index contributed by atoms with van der Waals surface area (Å²) in [6, 6.07) is 20.8. The van der Waals surface area contributed by atoms with Gasteiger partial charge < -0.3 is 9.64 Å². The highest BCUT2D eigenvalue weighted by Gasteiger charge is 2.30. The number of rotatable bonds is 6. The minimum atomic E-state index is -0.289. The van der Waals surface area contributed by atoms with Crippen molar-refractivity contribution in [3.05, 3.63) is 94.8 Å². The van der Waals surface area contributed by atoms with Crippen LogP contribution in [0.1, 0.15) is 39.9 Å². The van der Waals surface area contributed by atoms with Gasteiger partial charge in [-0.25, -0.2) is 4.39 Å². The van der Waals surface area contributed by atoms with E-state index in [1.54, 1.807) is 25.0 Å². The van der Waals surface area contributed by atoms with E-state index in [4.69, 9.17) is 4.74 Å². The smallest absolute Gasteiger partial charge is 0.258 e. The standard InChI is InChI=1S/C28H31FN2O2/c1-20-7-6-9-22(17-20)28(32)31(25-12-11-21(2)26(29)18-25)24-13-15-30(16-14-24)19-23-8-4-5-10-27(23)33-3/h4-12,17-18,24H,13-16,19H2,1-3H3. The topological polar surface area (TPSA) is 32.8 Å². The van der Waals surface area contributed by atoms with Crippen LogP contribution in [-0.4, -0.2) is 37.0 Å². The van der Waals surface area contributed by atoms with E-state index in [-0.39, 0.29) is 17.8 Å². The van der Waals surface area contributed by atoms with Crippen molar-refractivity contribution in [3.63, 3.8) is 0 Å². The second kappa shape index (κ2) is 10.2. The highest BCUT2D eigenvalue weighted by atomic mass is 19.1. The molecule has 0 bridgehead atoms. The third-order valence-electron chi connectivity index (χ3n) is 6.43. The van der Waals surface area contributed by atoms with E-state index in [0.29, 0.717) is 16.8 Å². The average molecular weight is 447 g/mol. The minimum absolute atomic E-state index is 0.00837. The lowest BCUT2D eigenvalue weighted by molar-refractivity contribution is 0.0958. The fourth-order valence-corrected chi connectivity index (χ4v) is 4.55.